The standard InChI is InChI=1S/C10H23N3O/c1-9-7-13(4-5-14-3)8-10(6-11)12(9)2/h9-10H,4-8,11H2,1-3H3. The molecule has 0 radical (unpaired) electrons. The zero-order chi connectivity index (χ0) is 10.6. The first kappa shape index (κ1) is 11.9. The highest BCUT2D eigenvalue weighted by Crippen LogP contribution is 2.12. The SMILES string of the molecule is COCCN1CC(C)N(C)C(CN)C1. The largest absolute Gasteiger partial charge is 0.383 e. The molecule has 1 aliphatic rings. The Morgan fingerprint density at radius 1 is 1.43 bits per heavy atom. The average Bonchev–Trinajstić information content (AvgIpc) is 2.19. The molecule has 1 fully saturated rings. The molecular weight excluding hydrogens is 178 g/mol. The smallest absolute Gasteiger partial charge is 0.0589 e. The number of nitrogens with zero attached hydrogens (tertiary/aromatic N) is 2. The second-order valence-corrected chi connectivity index (χ2v) is 4.16. The van der Waals surface area contributed by atoms with Gasteiger partial charge >= 0.3 is 0 Å². The normalized spacial score (nSPS) is 30.9. The average molecular weight is 201 g/mol. The van der Waals surface area contributed by atoms with Crippen LogP contribution in [0.3, 0.4) is 0 Å². The van der Waals surface area contributed by atoms with E-state index in [2.05, 4.69) is 23.8 Å². The van der Waals surface area contributed by atoms with Crippen molar-refractivity contribution in [2.24, 2.45) is 5.73 Å². The van der Waals surface area contributed by atoms with Gasteiger partial charge in [0.25, 0.3) is 0 Å². The molecular formula is C10H23N3O. The summed E-state index contributed by atoms with van der Waals surface area (Å²) >= 11 is 0. The van der Waals surface area contributed by atoms with Gasteiger partial charge in [-0.15, -0.1) is 0 Å². The van der Waals surface area contributed by atoms with Crippen LogP contribution in [0.15, 0.2) is 0 Å². The van der Waals surface area contributed by atoms with Gasteiger partial charge in [-0.3, -0.25) is 9.80 Å². The minimum Gasteiger partial charge on any atom is -0.383 e. The quantitative estimate of drug-likeness (QED) is 0.672. The van der Waals surface area contributed by atoms with Gasteiger partial charge in [0.05, 0.1) is 6.61 Å². The minimum absolute atomic E-state index is 0.496. The summed E-state index contributed by atoms with van der Waals surface area (Å²) in [7, 11) is 3.91. The van der Waals surface area contributed by atoms with E-state index in [1.165, 1.54) is 0 Å². The van der Waals surface area contributed by atoms with Crippen molar-refractivity contribution in [1.29, 1.82) is 0 Å². The predicted octanol–water partition coefficient (Wildman–Crippen LogP) is -0.404. The lowest BCUT2D eigenvalue weighted by Gasteiger charge is -2.43. The molecule has 14 heavy (non-hydrogen) atoms. The maximum atomic E-state index is 5.75. The van der Waals surface area contributed by atoms with E-state index in [9.17, 15) is 0 Å². The van der Waals surface area contributed by atoms with Crippen LogP contribution < -0.4 is 5.73 Å². The summed E-state index contributed by atoms with van der Waals surface area (Å²) < 4.78 is 5.09. The van der Waals surface area contributed by atoms with Crippen LogP contribution >= 0.6 is 0 Å². The lowest BCUT2D eigenvalue weighted by atomic mass is 10.1. The fourth-order valence-electron chi connectivity index (χ4n) is 2.01. The summed E-state index contributed by atoms with van der Waals surface area (Å²) in [5, 5.41) is 0. The highest BCUT2D eigenvalue weighted by atomic mass is 16.5. The number of ether oxygens (including phenoxy) is 1. The zero-order valence-corrected chi connectivity index (χ0v) is 9.57. The van der Waals surface area contributed by atoms with E-state index >= 15 is 0 Å². The monoisotopic (exact) mass is 201 g/mol. The zero-order valence-electron chi connectivity index (χ0n) is 9.57. The van der Waals surface area contributed by atoms with Crippen molar-refractivity contribution in [3.05, 3.63) is 0 Å². The summed E-state index contributed by atoms with van der Waals surface area (Å²) in [6, 6.07) is 1.09. The molecule has 0 aromatic carbocycles. The number of rotatable bonds is 4. The van der Waals surface area contributed by atoms with Crippen LogP contribution in [0.5, 0.6) is 0 Å². The van der Waals surface area contributed by atoms with Crippen molar-refractivity contribution in [3.8, 4) is 0 Å². The molecule has 1 rings (SSSR count). The van der Waals surface area contributed by atoms with Gasteiger partial charge in [-0.05, 0) is 14.0 Å². The Morgan fingerprint density at radius 2 is 2.14 bits per heavy atom. The van der Waals surface area contributed by atoms with Gasteiger partial charge in [0.15, 0.2) is 0 Å². The topological polar surface area (TPSA) is 41.7 Å². The maximum Gasteiger partial charge on any atom is 0.0589 e. The lowest BCUT2D eigenvalue weighted by molar-refractivity contribution is 0.0399. The summed E-state index contributed by atoms with van der Waals surface area (Å²) in [6.45, 7) is 7.02. The van der Waals surface area contributed by atoms with Crippen LogP contribution in [0.4, 0.5) is 0 Å². The van der Waals surface area contributed by atoms with Crippen LogP contribution in [0.2, 0.25) is 0 Å². The van der Waals surface area contributed by atoms with Crippen LogP contribution in [-0.4, -0.2) is 68.8 Å². The van der Waals surface area contributed by atoms with Gasteiger partial charge < -0.3 is 10.5 Å². The van der Waals surface area contributed by atoms with Gasteiger partial charge in [0.2, 0.25) is 0 Å². The molecule has 2 atom stereocenters. The summed E-state index contributed by atoms with van der Waals surface area (Å²) in [5.74, 6) is 0. The van der Waals surface area contributed by atoms with Crippen molar-refractivity contribution in [2.75, 3.05) is 46.9 Å². The molecule has 2 unspecified atom stereocenters. The summed E-state index contributed by atoms with van der Waals surface area (Å²) in [5.41, 5.74) is 5.75. The van der Waals surface area contributed by atoms with E-state index in [4.69, 9.17) is 10.5 Å². The third-order valence-electron chi connectivity index (χ3n) is 3.15. The third kappa shape index (κ3) is 2.92. The minimum atomic E-state index is 0.496. The third-order valence-corrected chi connectivity index (χ3v) is 3.15. The molecule has 0 aromatic rings. The first-order valence-corrected chi connectivity index (χ1v) is 5.32. The first-order valence-electron chi connectivity index (χ1n) is 5.32. The molecule has 0 amide bonds. The van der Waals surface area contributed by atoms with Crippen LogP contribution in [0, 0.1) is 0 Å². The Labute approximate surface area is 87.0 Å². The van der Waals surface area contributed by atoms with Gasteiger partial charge in [0, 0.05) is 45.4 Å². The van der Waals surface area contributed by atoms with Crippen LogP contribution in [0.25, 0.3) is 0 Å². The fourth-order valence-corrected chi connectivity index (χ4v) is 2.01. The highest BCUT2D eigenvalue weighted by Gasteiger charge is 2.27. The van der Waals surface area contributed by atoms with E-state index in [1.54, 1.807) is 7.11 Å². The van der Waals surface area contributed by atoms with Gasteiger partial charge in [0.1, 0.15) is 0 Å². The Kier molecular flexibility index (Phi) is 4.81. The van der Waals surface area contributed by atoms with Gasteiger partial charge in [-0.1, -0.05) is 0 Å². The number of hydrogen-bond donors (Lipinski definition) is 1. The van der Waals surface area contributed by atoms with Crippen LogP contribution in [0.1, 0.15) is 6.92 Å². The lowest BCUT2D eigenvalue weighted by Crippen LogP contribution is -2.58. The molecule has 4 heteroatoms. The molecule has 4 nitrogen and oxygen atoms in total. The molecule has 1 saturated heterocycles. The van der Waals surface area contributed by atoms with Crippen molar-refractivity contribution in [1.82, 2.24) is 9.80 Å². The predicted molar refractivity (Wildman–Crippen MR) is 58.4 cm³/mol. The molecule has 84 valence electrons. The second kappa shape index (κ2) is 5.66. The number of hydrogen-bond acceptors (Lipinski definition) is 4. The molecule has 1 heterocycles. The number of methoxy groups -OCH3 is 1. The Bertz CT molecular complexity index is 165. The van der Waals surface area contributed by atoms with Crippen molar-refractivity contribution < 1.29 is 4.74 Å². The maximum absolute atomic E-state index is 5.75. The Morgan fingerprint density at radius 3 is 2.71 bits per heavy atom. The molecule has 0 saturated carbocycles. The highest BCUT2D eigenvalue weighted by molar-refractivity contribution is 4.85. The number of nitrogens with two attached hydrogens (primary N) is 1. The Balaban J connectivity index is 2.41. The molecule has 0 aliphatic carbocycles. The second-order valence-electron chi connectivity index (χ2n) is 4.16. The number of piperazine rings is 1. The Hall–Kier alpha value is -0.160. The van der Waals surface area contributed by atoms with Gasteiger partial charge in [-0.2, -0.15) is 0 Å². The molecule has 0 spiro atoms. The molecule has 0 bridgehead atoms. The van der Waals surface area contributed by atoms with E-state index in [0.717, 1.165) is 32.8 Å². The van der Waals surface area contributed by atoms with Gasteiger partial charge in [-0.25, -0.2) is 0 Å². The van der Waals surface area contributed by atoms with E-state index < -0.39 is 0 Å². The first-order chi connectivity index (χ1) is 6.69. The van der Waals surface area contributed by atoms with E-state index in [-0.39, 0.29) is 0 Å². The van der Waals surface area contributed by atoms with Crippen molar-refractivity contribution in [2.45, 2.75) is 19.0 Å². The fraction of sp³-hybridized carbons (Fsp3) is 1.00. The molecule has 2 N–H and O–H groups in total. The molecule has 1 aliphatic heterocycles. The number of likely N-dealkylation sites (N-methyl/N-ethyl adjacent to an activating group) is 1. The van der Waals surface area contributed by atoms with Crippen LogP contribution in [-0.2, 0) is 4.74 Å². The summed E-state index contributed by atoms with van der Waals surface area (Å²) in [6.07, 6.45) is 0. The molecule has 0 aromatic heterocycles. The van der Waals surface area contributed by atoms with Crippen molar-refractivity contribution >= 4 is 0 Å². The van der Waals surface area contributed by atoms with E-state index in [0.29, 0.717) is 12.1 Å². The van der Waals surface area contributed by atoms with Crippen molar-refractivity contribution in [3.63, 3.8) is 0 Å². The van der Waals surface area contributed by atoms with E-state index in [1.807, 2.05) is 0 Å². The summed E-state index contributed by atoms with van der Waals surface area (Å²) in [4.78, 5) is 4.81.